The Bertz CT molecular complexity index is 513. The number of hydrogen-bond acceptors (Lipinski definition) is 3. The average molecular weight is 370 g/mol. The molecule has 0 amide bonds. The lowest BCUT2D eigenvalue weighted by molar-refractivity contribution is 0.143. The molecule has 2 aromatic rings. The van der Waals surface area contributed by atoms with Crippen LogP contribution in [0.2, 0.25) is 0 Å². The third kappa shape index (κ3) is 10.3. The largest absolute Gasteiger partial charge is 0.317 e. The van der Waals surface area contributed by atoms with Gasteiger partial charge in [0.25, 0.3) is 0 Å². The summed E-state index contributed by atoms with van der Waals surface area (Å²) in [6.45, 7) is 13.9. The summed E-state index contributed by atoms with van der Waals surface area (Å²) >= 11 is 0. The van der Waals surface area contributed by atoms with Crippen LogP contribution >= 0.6 is 0 Å². The molecule has 0 spiro atoms. The van der Waals surface area contributed by atoms with Crippen LogP contribution in [0.15, 0.2) is 60.7 Å². The highest BCUT2D eigenvalue weighted by atomic mass is 15.3. The smallest absolute Gasteiger partial charge is 0.0600 e. The lowest BCUT2D eigenvalue weighted by Gasteiger charge is -2.32. The Morgan fingerprint density at radius 1 is 0.741 bits per heavy atom. The van der Waals surface area contributed by atoms with Crippen LogP contribution in [0.1, 0.15) is 51.7 Å². The number of nitrogens with zero attached hydrogens (tertiary/aromatic N) is 1. The normalized spacial score (nSPS) is 11.7. The van der Waals surface area contributed by atoms with Crippen LogP contribution < -0.4 is 10.6 Å². The first-order chi connectivity index (χ1) is 13.2. The Balaban J connectivity index is 0.000000646. The van der Waals surface area contributed by atoms with E-state index in [9.17, 15) is 0 Å². The van der Waals surface area contributed by atoms with Crippen LogP contribution in [0.4, 0.5) is 0 Å². The van der Waals surface area contributed by atoms with Crippen molar-refractivity contribution in [3.63, 3.8) is 0 Å². The molecule has 0 saturated heterocycles. The lowest BCUT2D eigenvalue weighted by Crippen LogP contribution is -2.44. The monoisotopic (exact) mass is 369 g/mol. The third-order valence-corrected chi connectivity index (χ3v) is 4.41. The zero-order valence-corrected chi connectivity index (χ0v) is 17.7. The minimum Gasteiger partial charge on any atom is -0.317 e. The zero-order valence-electron chi connectivity index (χ0n) is 17.7. The summed E-state index contributed by atoms with van der Waals surface area (Å²) < 4.78 is 0. The van der Waals surface area contributed by atoms with Gasteiger partial charge in [-0.1, -0.05) is 88.4 Å². The van der Waals surface area contributed by atoms with E-state index in [2.05, 4.69) is 104 Å². The van der Waals surface area contributed by atoms with Gasteiger partial charge in [0, 0.05) is 13.1 Å². The van der Waals surface area contributed by atoms with Gasteiger partial charge in [0.05, 0.1) is 6.17 Å². The van der Waals surface area contributed by atoms with Crippen LogP contribution in [-0.2, 0) is 13.1 Å². The van der Waals surface area contributed by atoms with Gasteiger partial charge in [0.15, 0.2) is 0 Å². The predicted molar refractivity (Wildman–Crippen MR) is 119 cm³/mol. The third-order valence-electron chi connectivity index (χ3n) is 4.41. The Morgan fingerprint density at radius 3 is 1.56 bits per heavy atom. The van der Waals surface area contributed by atoms with Gasteiger partial charge in [-0.15, -0.1) is 0 Å². The molecule has 0 heterocycles. The first-order valence-electron chi connectivity index (χ1n) is 10.5. The van der Waals surface area contributed by atoms with Crippen LogP contribution in [0.5, 0.6) is 0 Å². The fraction of sp³-hybridized carbons (Fsp3) is 0.500. The highest BCUT2D eigenvalue weighted by molar-refractivity contribution is 5.17. The van der Waals surface area contributed by atoms with Crippen molar-refractivity contribution in [1.82, 2.24) is 15.5 Å². The van der Waals surface area contributed by atoms with Gasteiger partial charge in [-0.25, -0.2) is 0 Å². The van der Waals surface area contributed by atoms with E-state index in [1.54, 1.807) is 0 Å². The molecule has 0 aliphatic heterocycles. The first-order valence-corrected chi connectivity index (χ1v) is 10.5. The van der Waals surface area contributed by atoms with Crippen molar-refractivity contribution in [1.29, 1.82) is 0 Å². The zero-order chi connectivity index (χ0) is 19.7. The number of nitrogens with one attached hydrogen (secondary N) is 2. The summed E-state index contributed by atoms with van der Waals surface area (Å²) in [6, 6.07) is 21.5. The molecule has 150 valence electrons. The second kappa shape index (κ2) is 15.4. The van der Waals surface area contributed by atoms with Crippen molar-refractivity contribution in [2.75, 3.05) is 19.6 Å². The maximum absolute atomic E-state index is 3.69. The Morgan fingerprint density at radius 2 is 1.22 bits per heavy atom. The quantitative estimate of drug-likeness (QED) is 0.543. The molecule has 0 aliphatic carbocycles. The van der Waals surface area contributed by atoms with E-state index in [0.717, 1.165) is 39.1 Å². The molecule has 3 nitrogen and oxygen atoms in total. The molecule has 0 aliphatic rings. The van der Waals surface area contributed by atoms with Crippen LogP contribution in [0, 0.1) is 0 Å². The van der Waals surface area contributed by atoms with Gasteiger partial charge in [0.1, 0.15) is 0 Å². The van der Waals surface area contributed by atoms with Crippen LogP contribution in [-0.4, -0.2) is 30.7 Å². The molecule has 2 rings (SSSR count). The Labute approximate surface area is 167 Å². The van der Waals surface area contributed by atoms with Crippen LogP contribution in [0.25, 0.3) is 0 Å². The maximum atomic E-state index is 3.69. The molecular weight excluding hydrogens is 330 g/mol. The summed E-state index contributed by atoms with van der Waals surface area (Å²) in [7, 11) is 0. The van der Waals surface area contributed by atoms with E-state index in [-0.39, 0.29) is 0 Å². The molecule has 2 N–H and O–H groups in total. The molecule has 3 heteroatoms. The summed E-state index contributed by atoms with van der Waals surface area (Å²) in [5.41, 5.74) is 2.74. The van der Waals surface area contributed by atoms with E-state index in [1.807, 2.05) is 0 Å². The minimum absolute atomic E-state index is 0.417. The lowest BCUT2D eigenvalue weighted by atomic mass is 10.1. The standard InChI is InChI=1S/C20H28N2.C4H11N/c1-3-15-21-20(4-2)22(16-18-11-7-5-8-12-18)17-19-13-9-6-10-14-19;1-3-5-4-2/h5-14,20-21H,3-4,15-17H2,1-2H3;5H,3-4H2,1-2H3. The molecule has 0 fully saturated rings. The molecule has 0 aromatic heterocycles. The van der Waals surface area contributed by atoms with Crippen molar-refractivity contribution in [2.45, 2.75) is 59.8 Å². The van der Waals surface area contributed by atoms with Crippen molar-refractivity contribution in [3.05, 3.63) is 71.8 Å². The van der Waals surface area contributed by atoms with Gasteiger partial charge < -0.3 is 10.6 Å². The van der Waals surface area contributed by atoms with Crippen molar-refractivity contribution < 1.29 is 0 Å². The van der Waals surface area contributed by atoms with E-state index in [1.165, 1.54) is 17.5 Å². The van der Waals surface area contributed by atoms with E-state index < -0.39 is 0 Å². The average Bonchev–Trinajstić information content (AvgIpc) is 2.71. The summed E-state index contributed by atoms with van der Waals surface area (Å²) in [4.78, 5) is 2.54. The second-order valence-corrected chi connectivity index (χ2v) is 6.71. The van der Waals surface area contributed by atoms with Crippen molar-refractivity contribution in [3.8, 4) is 0 Å². The fourth-order valence-electron chi connectivity index (χ4n) is 3.00. The molecular formula is C24H39N3. The van der Waals surface area contributed by atoms with E-state index in [4.69, 9.17) is 0 Å². The highest BCUT2D eigenvalue weighted by Gasteiger charge is 2.16. The molecule has 0 bridgehead atoms. The Kier molecular flexibility index (Phi) is 13.3. The van der Waals surface area contributed by atoms with Gasteiger partial charge in [0.2, 0.25) is 0 Å². The van der Waals surface area contributed by atoms with Gasteiger partial charge >= 0.3 is 0 Å². The number of rotatable bonds is 11. The first kappa shape index (κ1) is 23.4. The molecule has 0 radical (unpaired) electrons. The van der Waals surface area contributed by atoms with Gasteiger partial charge in [-0.05, 0) is 43.6 Å². The minimum atomic E-state index is 0.417. The summed E-state index contributed by atoms with van der Waals surface area (Å²) in [5, 5.41) is 6.80. The van der Waals surface area contributed by atoms with Gasteiger partial charge in [-0.2, -0.15) is 0 Å². The number of hydrogen-bond donors (Lipinski definition) is 2. The molecule has 2 aromatic carbocycles. The second-order valence-electron chi connectivity index (χ2n) is 6.71. The van der Waals surface area contributed by atoms with Crippen molar-refractivity contribution in [2.24, 2.45) is 0 Å². The fourth-order valence-corrected chi connectivity index (χ4v) is 3.00. The summed E-state index contributed by atoms with van der Waals surface area (Å²) in [6.07, 6.45) is 2.70. The topological polar surface area (TPSA) is 27.3 Å². The molecule has 1 atom stereocenters. The maximum Gasteiger partial charge on any atom is 0.0600 e. The van der Waals surface area contributed by atoms with E-state index >= 15 is 0 Å². The molecule has 27 heavy (non-hydrogen) atoms. The highest BCUT2D eigenvalue weighted by Crippen LogP contribution is 2.14. The van der Waals surface area contributed by atoms with Crippen molar-refractivity contribution >= 4 is 0 Å². The number of benzene rings is 2. The molecule has 0 saturated carbocycles. The molecule has 1 unspecified atom stereocenters. The predicted octanol–water partition coefficient (Wildman–Crippen LogP) is 5.04. The van der Waals surface area contributed by atoms with Gasteiger partial charge in [-0.3, -0.25) is 4.90 Å². The van der Waals surface area contributed by atoms with E-state index in [0.29, 0.717) is 6.17 Å². The Hall–Kier alpha value is -1.68. The summed E-state index contributed by atoms with van der Waals surface area (Å²) in [5.74, 6) is 0. The van der Waals surface area contributed by atoms with Crippen LogP contribution in [0.3, 0.4) is 0 Å². The SMILES string of the molecule is CCCNC(CC)N(Cc1ccccc1)Cc1ccccc1.CCNCC.